The minimum absolute atomic E-state index is 0. The molecule has 0 radical (unpaired) electrons. The van der Waals surface area contributed by atoms with Gasteiger partial charge in [-0.05, 0) is 12.8 Å². The van der Waals surface area contributed by atoms with Crippen LogP contribution in [0.2, 0.25) is 0 Å². The van der Waals surface area contributed by atoms with Gasteiger partial charge < -0.3 is 9.66 Å². The van der Waals surface area contributed by atoms with E-state index in [4.69, 9.17) is 5.11 Å². The smallest absolute Gasteiger partial charge is 0.748 e. The Kier molecular flexibility index (Phi) is 17.1. The molecular weight excluding hydrogens is 287 g/mol. The Hall–Kier alpha value is 0.870. The largest absolute Gasteiger partial charge is 1.00 e. The third kappa shape index (κ3) is 13.8. The molecule has 4 nitrogen and oxygen atoms in total. The second-order valence-corrected chi connectivity index (χ2v) is 6.90. The Balaban J connectivity index is 0. The minimum atomic E-state index is -4.24. The number of aliphatic hydroxyl groups is 1. The maximum atomic E-state index is 10.9. The quantitative estimate of drug-likeness (QED) is 0.299. The summed E-state index contributed by atoms with van der Waals surface area (Å²) in [4.78, 5) is 0. The normalized spacial score (nSPS) is 12.9. The van der Waals surface area contributed by atoms with Crippen LogP contribution >= 0.6 is 0 Å². The molecule has 1 unspecified atom stereocenters. The van der Waals surface area contributed by atoms with Crippen molar-refractivity contribution in [3.05, 3.63) is 0 Å². The van der Waals surface area contributed by atoms with Gasteiger partial charge in [-0.15, -0.1) is 0 Å². The molecule has 6 heteroatoms. The molecule has 20 heavy (non-hydrogen) atoms. The summed E-state index contributed by atoms with van der Waals surface area (Å²) in [6.07, 6.45) is 10.9. The number of aliphatic hydroxyl groups excluding tert-OH is 1. The van der Waals surface area contributed by atoms with Gasteiger partial charge in [-0.25, -0.2) is 8.42 Å². The van der Waals surface area contributed by atoms with E-state index in [9.17, 15) is 13.0 Å². The molecule has 116 valence electrons. The third-order valence-corrected chi connectivity index (χ3v) is 4.78. The molecule has 0 aromatic rings. The van der Waals surface area contributed by atoms with Crippen LogP contribution in [-0.4, -0.2) is 29.9 Å². The molecule has 0 spiro atoms. The molecule has 0 rings (SSSR count). The molecule has 0 saturated heterocycles. The molecule has 0 aliphatic carbocycles. The summed E-state index contributed by atoms with van der Waals surface area (Å²) in [5.41, 5.74) is 0. The van der Waals surface area contributed by atoms with Gasteiger partial charge in [0, 0.05) is 6.61 Å². The van der Waals surface area contributed by atoms with Crippen molar-refractivity contribution in [1.82, 2.24) is 0 Å². The fourth-order valence-corrected chi connectivity index (χ4v) is 3.11. The van der Waals surface area contributed by atoms with Crippen LogP contribution < -0.4 is 29.6 Å². The summed E-state index contributed by atoms with van der Waals surface area (Å²) in [6.45, 7) is 1.97. The third-order valence-electron chi connectivity index (χ3n) is 3.49. The van der Waals surface area contributed by atoms with Gasteiger partial charge in [0.15, 0.2) is 0 Å². The fraction of sp³-hybridized carbons (Fsp3) is 1.00. The van der Waals surface area contributed by atoms with E-state index in [1.807, 2.05) is 0 Å². The molecule has 0 aliphatic rings. The first-order valence-corrected chi connectivity index (χ1v) is 9.05. The van der Waals surface area contributed by atoms with Crippen LogP contribution in [-0.2, 0) is 10.1 Å². The van der Waals surface area contributed by atoms with E-state index in [1.165, 1.54) is 38.5 Å². The van der Waals surface area contributed by atoms with E-state index in [-0.39, 0.29) is 42.6 Å². The number of hydrogen-bond acceptors (Lipinski definition) is 4. The standard InChI is InChI=1S/C14H30O4S.Na/c1-2-3-4-5-6-7-8-9-10-11-14(12-13-15)19(16,17)18;/h14-15H,2-13H2,1H3,(H,16,17,18);/q;+1/p-1. The van der Waals surface area contributed by atoms with Crippen molar-refractivity contribution >= 4 is 10.1 Å². The number of unbranched alkanes of at least 4 members (excludes halogenated alkanes) is 8. The summed E-state index contributed by atoms with van der Waals surface area (Å²) in [6, 6.07) is 0. The average Bonchev–Trinajstić information content (AvgIpc) is 2.34. The molecule has 0 amide bonds. The zero-order valence-corrected chi connectivity index (χ0v) is 16.0. The van der Waals surface area contributed by atoms with Crippen molar-refractivity contribution in [2.24, 2.45) is 0 Å². The van der Waals surface area contributed by atoms with Gasteiger partial charge in [0.1, 0.15) is 0 Å². The van der Waals surface area contributed by atoms with Crippen molar-refractivity contribution in [2.45, 2.75) is 82.8 Å². The maximum Gasteiger partial charge on any atom is 1.00 e. The zero-order chi connectivity index (χ0) is 14.6. The van der Waals surface area contributed by atoms with Crippen molar-refractivity contribution in [1.29, 1.82) is 0 Å². The molecule has 0 saturated carbocycles. The van der Waals surface area contributed by atoms with E-state index in [0.717, 1.165) is 19.3 Å². The predicted octanol–water partition coefficient (Wildman–Crippen LogP) is 0.208. The van der Waals surface area contributed by atoms with Crippen LogP contribution in [0.3, 0.4) is 0 Å². The molecular formula is C14H29NaO4S. The van der Waals surface area contributed by atoms with Crippen LogP contribution in [0.15, 0.2) is 0 Å². The second-order valence-electron chi connectivity index (χ2n) is 5.24. The monoisotopic (exact) mass is 316 g/mol. The van der Waals surface area contributed by atoms with E-state index in [2.05, 4.69) is 6.92 Å². The van der Waals surface area contributed by atoms with E-state index in [1.54, 1.807) is 0 Å². The van der Waals surface area contributed by atoms with Crippen LogP contribution in [0.4, 0.5) is 0 Å². The Morgan fingerprint density at radius 3 is 1.75 bits per heavy atom. The van der Waals surface area contributed by atoms with E-state index < -0.39 is 15.4 Å². The van der Waals surface area contributed by atoms with Crippen LogP contribution in [0.5, 0.6) is 0 Å². The van der Waals surface area contributed by atoms with Gasteiger partial charge in [0.2, 0.25) is 0 Å². The Morgan fingerprint density at radius 2 is 1.35 bits per heavy atom. The molecule has 0 aliphatic heterocycles. The first-order valence-electron chi connectivity index (χ1n) is 7.58. The Bertz CT molecular complexity index is 294. The summed E-state index contributed by atoms with van der Waals surface area (Å²) in [5.74, 6) is 0. The van der Waals surface area contributed by atoms with Gasteiger partial charge in [0.05, 0.1) is 15.4 Å². The summed E-state index contributed by atoms with van der Waals surface area (Å²) in [7, 11) is -4.24. The van der Waals surface area contributed by atoms with E-state index in [0.29, 0.717) is 6.42 Å². The maximum absolute atomic E-state index is 10.9. The van der Waals surface area contributed by atoms with Gasteiger partial charge >= 0.3 is 29.6 Å². The summed E-state index contributed by atoms with van der Waals surface area (Å²) in [5, 5.41) is 7.84. The first-order chi connectivity index (χ1) is 9.02. The topological polar surface area (TPSA) is 77.4 Å². The molecule has 0 heterocycles. The van der Waals surface area contributed by atoms with Crippen molar-refractivity contribution in [2.75, 3.05) is 6.61 Å². The first kappa shape index (κ1) is 23.1. The van der Waals surface area contributed by atoms with Crippen molar-refractivity contribution in [3.63, 3.8) is 0 Å². The van der Waals surface area contributed by atoms with Crippen LogP contribution in [0.25, 0.3) is 0 Å². The predicted molar refractivity (Wildman–Crippen MR) is 77.0 cm³/mol. The van der Waals surface area contributed by atoms with E-state index >= 15 is 0 Å². The number of rotatable bonds is 13. The molecule has 1 N–H and O–H groups in total. The van der Waals surface area contributed by atoms with Crippen LogP contribution in [0.1, 0.15) is 77.6 Å². The number of hydrogen-bond donors (Lipinski definition) is 1. The molecule has 0 fully saturated rings. The zero-order valence-electron chi connectivity index (χ0n) is 13.1. The van der Waals surface area contributed by atoms with Gasteiger partial charge in [-0.3, -0.25) is 0 Å². The average molecular weight is 316 g/mol. The minimum Gasteiger partial charge on any atom is -0.748 e. The molecule has 0 bridgehead atoms. The van der Waals surface area contributed by atoms with Crippen molar-refractivity contribution < 1.29 is 47.6 Å². The summed E-state index contributed by atoms with van der Waals surface area (Å²) < 4.78 is 32.8. The van der Waals surface area contributed by atoms with Crippen LogP contribution in [0, 0.1) is 0 Å². The van der Waals surface area contributed by atoms with Gasteiger partial charge in [0.25, 0.3) is 0 Å². The Morgan fingerprint density at radius 1 is 0.900 bits per heavy atom. The fourth-order valence-electron chi connectivity index (χ4n) is 2.26. The van der Waals surface area contributed by atoms with Gasteiger partial charge in [-0.1, -0.05) is 64.7 Å². The Labute approximate surface area is 146 Å². The van der Waals surface area contributed by atoms with Gasteiger partial charge in [-0.2, -0.15) is 0 Å². The molecule has 1 atom stereocenters. The SMILES string of the molecule is CCCCCCCCCCCC(CCO)S(=O)(=O)[O-].[Na+]. The molecule has 0 aromatic heterocycles. The second kappa shape index (κ2) is 14.8. The van der Waals surface area contributed by atoms with Crippen molar-refractivity contribution in [3.8, 4) is 0 Å². The molecule has 0 aromatic carbocycles. The summed E-state index contributed by atoms with van der Waals surface area (Å²) >= 11 is 0.